The Balaban J connectivity index is 1.73. The third-order valence-electron chi connectivity index (χ3n) is 5.23. The van der Waals surface area contributed by atoms with Crippen molar-refractivity contribution in [3.8, 4) is 11.5 Å². The van der Waals surface area contributed by atoms with E-state index < -0.39 is 16.2 Å². The molecule has 0 spiro atoms. The van der Waals surface area contributed by atoms with Crippen molar-refractivity contribution in [3.63, 3.8) is 0 Å². The third-order valence-corrected chi connectivity index (χ3v) is 6.16. The summed E-state index contributed by atoms with van der Waals surface area (Å²) in [6.07, 6.45) is 1.44. The lowest BCUT2D eigenvalue weighted by atomic mass is 9.89. The molecule has 7 heteroatoms. The third kappa shape index (κ3) is 3.67. The van der Waals surface area contributed by atoms with E-state index in [0.717, 1.165) is 37.1 Å². The highest BCUT2D eigenvalue weighted by molar-refractivity contribution is 7.85. The van der Waals surface area contributed by atoms with Gasteiger partial charge in [0.25, 0.3) is 10.1 Å². The Kier molecular flexibility index (Phi) is 4.84. The highest BCUT2D eigenvalue weighted by atomic mass is 32.2. The van der Waals surface area contributed by atoms with E-state index in [1.165, 1.54) is 6.07 Å². The molecule has 2 aliphatic rings. The molecule has 0 radical (unpaired) electrons. The summed E-state index contributed by atoms with van der Waals surface area (Å²) in [5.74, 6) is 1.74. The highest BCUT2D eigenvalue weighted by Crippen LogP contribution is 2.44. The average molecular weight is 389 g/mol. The summed E-state index contributed by atoms with van der Waals surface area (Å²) >= 11 is 0. The van der Waals surface area contributed by atoms with Gasteiger partial charge in [-0.3, -0.25) is 4.55 Å². The van der Waals surface area contributed by atoms with Crippen molar-refractivity contribution in [2.45, 2.75) is 36.7 Å². The van der Waals surface area contributed by atoms with Crippen molar-refractivity contribution in [1.29, 1.82) is 0 Å². The van der Waals surface area contributed by atoms with E-state index in [-0.39, 0.29) is 11.5 Å². The maximum atomic E-state index is 11.8. The van der Waals surface area contributed by atoms with Crippen LogP contribution in [-0.4, -0.2) is 32.7 Å². The average Bonchev–Trinajstić information content (AvgIpc) is 2.67. The topological polar surface area (TPSA) is 84.9 Å². The van der Waals surface area contributed by atoms with Crippen molar-refractivity contribution in [2.24, 2.45) is 0 Å². The number of benzene rings is 2. The number of piperidine rings is 1. The molecular formula is C20H23NO5S. The summed E-state index contributed by atoms with van der Waals surface area (Å²) in [5.41, 5.74) is 2.40. The first-order chi connectivity index (χ1) is 12.9. The summed E-state index contributed by atoms with van der Waals surface area (Å²) in [7, 11) is -4.35. The molecule has 0 aromatic heterocycles. The van der Waals surface area contributed by atoms with Gasteiger partial charge in [0.05, 0.1) is 0 Å². The highest BCUT2D eigenvalue weighted by Gasteiger charge is 2.31. The predicted octanol–water partition coefficient (Wildman–Crippen LogP) is 3.22. The molecule has 0 bridgehead atoms. The van der Waals surface area contributed by atoms with Crippen LogP contribution in [0.25, 0.3) is 0 Å². The van der Waals surface area contributed by atoms with Crippen LogP contribution in [0, 0.1) is 6.92 Å². The molecule has 0 saturated carbocycles. The van der Waals surface area contributed by atoms with E-state index >= 15 is 0 Å². The van der Waals surface area contributed by atoms with Gasteiger partial charge in [0.2, 0.25) is 0 Å². The van der Waals surface area contributed by atoms with Crippen molar-refractivity contribution in [1.82, 2.24) is 5.32 Å². The second-order valence-corrected chi connectivity index (χ2v) is 8.52. The summed E-state index contributed by atoms with van der Waals surface area (Å²) < 4.78 is 45.4. The van der Waals surface area contributed by atoms with Crippen LogP contribution in [0.4, 0.5) is 0 Å². The fraction of sp³-hybridized carbons (Fsp3) is 0.400. The second kappa shape index (κ2) is 7.14. The van der Waals surface area contributed by atoms with E-state index in [0.29, 0.717) is 23.0 Å². The first-order valence-corrected chi connectivity index (χ1v) is 10.6. The molecule has 6 nitrogen and oxygen atoms in total. The van der Waals surface area contributed by atoms with Gasteiger partial charge < -0.3 is 14.8 Å². The van der Waals surface area contributed by atoms with Crippen molar-refractivity contribution >= 4 is 10.1 Å². The lowest BCUT2D eigenvalue weighted by molar-refractivity contribution is 0.0870. The van der Waals surface area contributed by atoms with Crippen molar-refractivity contribution < 1.29 is 22.4 Å². The van der Waals surface area contributed by atoms with Gasteiger partial charge in [-0.05, 0) is 50.9 Å². The fourth-order valence-electron chi connectivity index (χ4n) is 3.88. The van der Waals surface area contributed by atoms with Gasteiger partial charge in [-0.1, -0.05) is 29.8 Å². The van der Waals surface area contributed by atoms with E-state index in [1.807, 2.05) is 19.1 Å². The van der Waals surface area contributed by atoms with Gasteiger partial charge in [-0.15, -0.1) is 0 Å². The zero-order valence-electron chi connectivity index (χ0n) is 15.1. The SMILES string of the molecule is Cc1ccc(S(=O)(=O)O)c(C2COc3cccc(C4CCNCC4)c3O2)c1. The number of hydrogen-bond donors (Lipinski definition) is 2. The zero-order chi connectivity index (χ0) is 19.0. The Morgan fingerprint density at radius 1 is 1.11 bits per heavy atom. The number of aryl methyl sites for hydroxylation is 1. The van der Waals surface area contributed by atoms with Gasteiger partial charge >= 0.3 is 0 Å². The number of ether oxygens (including phenoxy) is 2. The van der Waals surface area contributed by atoms with Crippen LogP contribution >= 0.6 is 0 Å². The monoisotopic (exact) mass is 389 g/mol. The molecule has 0 aliphatic carbocycles. The first-order valence-electron chi connectivity index (χ1n) is 9.14. The molecule has 1 saturated heterocycles. The van der Waals surface area contributed by atoms with Crippen LogP contribution in [0.1, 0.15) is 41.6 Å². The largest absolute Gasteiger partial charge is 0.485 e. The molecule has 0 amide bonds. The number of nitrogens with one attached hydrogen (secondary N) is 1. The minimum atomic E-state index is -4.35. The lowest BCUT2D eigenvalue weighted by Crippen LogP contribution is -2.28. The minimum absolute atomic E-state index is 0.135. The van der Waals surface area contributed by atoms with Gasteiger partial charge in [-0.2, -0.15) is 8.42 Å². The van der Waals surface area contributed by atoms with Gasteiger partial charge in [0.1, 0.15) is 11.5 Å². The van der Waals surface area contributed by atoms with E-state index in [4.69, 9.17) is 9.47 Å². The quantitative estimate of drug-likeness (QED) is 0.784. The maximum absolute atomic E-state index is 11.8. The Labute approximate surface area is 159 Å². The summed E-state index contributed by atoms with van der Waals surface area (Å²) in [4.78, 5) is -0.135. The Bertz CT molecular complexity index is 951. The molecule has 1 atom stereocenters. The molecule has 2 N–H and O–H groups in total. The number of para-hydroxylation sites is 1. The first kappa shape index (κ1) is 18.3. The lowest BCUT2D eigenvalue weighted by Gasteiger charge is -2.32. The van der Waals surface area contributed by atoms with Crippen molar-refractivity contribution in [3.05, 3.63) is 53.1 Å². The molecule has 4 rings (SSSR count). The van der Waals surface area contributed by atoms with Gasteiger partial charge in [0.15, 0.2) is 17.6 Å². The minimum Gasteiger partial charge on any atom is -0.485 e. The van der Waals surface area contributed by atoms with Gasteiger partial charge in [0, 0.05) is 11.1 Å². The van der Waals surface area contributed by atoms with Crippen LogP contribution in [0.15, 0.2) is 41.3 Å². The molecule has 2 aromatic carbocycles. The molecule has 1 unspecified atom stereocenters. The molecule has 1 fully saturated rings. The van der Waals surface area contributed by atoms with E-state index in [1.54, 1.807) is 12.1 Å². The van der Waals surface area contributed by atoms with Crippen LogP contribution in [0.3, 0.4) is 0 Å². The van der Waals surface area contributed by atoms with Crippen LogP contribution < -0.4 is 14.8 Å². The van der Waals surface area contributed by atoms with Crippen LogP contribution in [0.5, 0.6) is 11.5 Å². The standard InChI is InChI=1S/C20H23NO5S/c1-13-5-6-19(27(22,23)24)16(11-13)18-12-25-17-4-2-3-15(20(17)26-18)14-7-9-21-10-8-14/h2-6,11,14,18,21H,7-10,12H2,1H3,(H,22,23,24). The summed E-state index contributed by atoms with van der Waals surface area (Å²) in [6.45, 7) is 3.98. The molecule has 2 heterocycles. The maximum Gasteiger partial charge on any atom is 0.294 e. The predicted molar refractivity (Wildman–Crippen MR) is 101 cm³/mol. The van der Waals surface area contributed by atoms with E-state index in [2.05, 4.69) is 11.4 Å². The smallest absolute Gasteiger partial charge is 0.294 e. The molecule has 144 valence electrons. The number of hydrogen-bond acceptors (Lipinski definition) is 5. The van der Waals surface area contributed by atoms with Crippen LogP contribution in [0.2, 0.25) is 0 Å². The van der Waals surface area contributed by atoms with Crippen molar-refractivity contribution in [2.75, 3.05) is 19.7 Å². The van der Waals surface area contributed by atoms with E-state index in [9.17, 15) is 13.0 Å². The second-order valence-electron chi connectivity index (χ2n) is 7.13. The Hall–Kier alpha value is -2.09. The molecule has 27 heavy (non-hydrogen) atoms. The Morgan fingerprint density at radius 3 is 2.63 bits per heavy atom. The number of fused-ring (bicyclic) bond motifs is 1. The Morgan fingerprint density at radius 2 is 1.89 bits per heavy atom. The molecular weight excluding hydrogens is 366 g/mol. The molecule has 2 aromatic rings. The molecule has 2 aliphatic heterocycles. The normalized spacial score (nSPS) is 20.4. The fourth-order valence-corrected chi connectivity index (χ4v) is 4.60. The van der Waals surface area contributed by atoms with Gasteiger partial charge in [-0.25, -0.2) is 0 Å². The summed E-state index contributed by atoms with van der Waals surface area (Å²) in [5, 5.41) is 3.36. The zero-order valence-corrected chi connectivity index (χ0v) is 16.0. The van der Waals surface area contributed by atoms with Crippen LogP contribution in [-0.2, 0) is 10.1 Å². The number of rotatable bonds is 3. The summed E-state index contributed by atoms with van der Waals surface area (Å²) in [6, 6.07) is 10.7.